The predicted octanol–water partition coefficient (Wildman–Crippen LogP) is 23.3. The maximum atomic E-state index is 12.9. The molecule has 0 saturated carbocycles. The minimum atomic E-state index is -0.780. The molecule has 0 aliphatic heterocycles. The Morgan fingerprint density at radius 2 is 0.500 bits per heavy atom. The van der Waals surface area contributed by atoms with E-state index in [2.05, 4.69) is 93.7 Å². The van der Waals surface area contributed by atoms with Gasteiger partial charge in [-0.2, -0.15) is 0 Å². The quantitative estimate of drug-likeness (QED) is 0.0261. The van der Waals surface area contributed by atoms with Crippen LogP contribution in [0.4, 0.5) is 0 Å². The third-order valence-electron chi connectivity index (χ3n) is 14.9. The Balaban J connectivity index is 4.23. The number of hydrogen-bond donors (Lipinski definition) is 0. The minimum Gasteiger partial charge on any atom is -0.462 e. The van der Waals surface area contributed by atoms with E-state index in [1.54, 1.807) is 0 Å². The normalized spacial score (nSPS) is 12.5. The van der Waals surface area contributed by atoms with Crippen LogP contribution in [0.3, 0.4) is 0 Å². The van der Waals surface area contributed by atoms with Crippen molar-refractivity contribution >= 4 is 17.9 Å². The predicted molar refractivity (Wildman–Crippen MR) is 339 cm³/mol. The molecule has 6 nitrogen and oxygen atoms in total. The van der Waals surface area contributed by atoms with Gasteiger partial charge in [-0.3, -0.25) is 14.4 Å². The molecule has 1 unspecified atom stereocenters. The lowest BCUT2D eigenvalue weighted by Gasteiger charge is -2.18. The number of carbonyl (C=O) groups is 3. The average molecular weight is 1090 g/mol. The number of ether oxygens (including phenoxy) is 3. The second-order valence-electron chi connectivity index (χ2n) is 22.7. The zero-order valence-corrected chi connectivity index (χ0v) is 51.9. The summed E-state index contributed by atoms with van der Waals surface area (Å²) in [4.78, 5) is 38.4. The third kappa shape index (κ3) is 63.7. The van der Waals surface area contributed by atoms with Crippen molar-refractivity contribution in [3.05, 3.63) is 72.9 Å². The summed E-state index contributed by atoms with van der Waals surface area (Å²) in [6, 6.07) is 0. The number of unbranched alkanes of at least 4 members (excludes halogenated alkanes) is 39. The molecule has 78 heavy (non-hydrogen) atoms. The fraction of sp³-hybridized carbons (Fsp3) is 0.792. The van der Waals surface area contributed by atoms with Gasteiger partial charge in [-0.1, -0.05) is 293 Å². The van der Waals surface area contributed by atoms with E-state index >= 15 is 0 Å². The highest BCUT2D eigenvalue weighted by atomic mass is 16.6. The number of esters is 3. The molecule has 0 spiro atoms. The van der Waals surface area contributed by atoms with Crippen molar-refractivity contribution in [2.75, 3.05) is 13.2 Å². The molecule has 0 aromatic heterocycles. The highest BCUT2D eigenvalue weighted by Crippen LogP contribution is 2.17. The van der Waals surface area contributed by atoms with Crippen LogP contribution in [0, 0.1) is 0 Å². The van der Waals surface area contributed by atoms with Crippen molar-refractivity contribution in [2.45, 2.75) is 354 Å². The van der Waals surface area contributed by atoms with Crippen LogP contribution in [-0.4, -0.2) is 37.2 Å². The van der Waals surface area contributed by atoms with Gasteiger partial charge in [0.1, 0.15) is 13.2 Å². The van der Waals surface area contributed by atoms with Crippen LogP contribution in [0.1, 0.15) is 348 Å². The first-order chi connectivity index (χ1) is 38.5. The Bertz CT molecular complexity index is 1440. The van der Waals surface area contributed by atoms with Gasteiger partial charge in [0.15, 0.2) is 6.10 Å². The highest BCUT2D eigenvalue weighted by Gasteiger charge is 2.19. The van der Waals surface area contributed by atoms with Crippen LogP contribution >= 0.6 is 0 Å². The maximum Gasteiger partial charge on any atom is 0.306 e. The third-order valence-corrected chi connectivity index (χ3v) is 14.9. The summed E-state index contributed by atoms with van der Waals surface area (Å²) in [5.74, 6) is -0.871. The van der Waals surface area contributed by atoms with Gasteiger partial charge in [-0.25, -0.2) is 0 Å². The Morgan fingerprint density at radius 3 is 0.795 bits per heavy atom. The van der Waals surface area contributed by atoms with E-state index in [1.165, 1.54) is 218 Å². The summed E-state index contributed by atoms with van der Waals surface area (Å²) in [6.07, 6.45) is 86.3. The lowest BCUT2D eigenvalue weighted by molar-refractivity contribution is -0.167. The maximum absolute atomic E-state index is 12.9. The van der Waals surface area contributed by atoms with E-state index in [-0.39, 0.29) is 31.1 Å². The Morgan fingerprint density at radius 1 is 0.269 bits per heavy atom. The van der Waals surface area contributed by atoms with E-state index in [4.69, 9.17) is 14.2 Å². The number of carbonyl (C=O) groups excluding carboxylic acids is 3. The van der Waals surface area contributed by atoms with Crippen molar-refractivity contribution in [1.82, 2.24) is 0 Å². The van der Waals surface area contributed by atoms with Crippen LogP contribution in [0.25, 0.3) is 0 Å². The summed E-state index contributed by atoms with van der Waals surface area (Å²) in [5, 5.41) is 0. The van der Waals surface area contributed by atoms with Gasteiger partial charge in [0.05, 0.1) is 0 Å². The van der Waals surface area contributed by atoms with Crippen molar-refractivity contribution in [3.8, 4) is 0 Å². The average Bonchev–Trinajstić information content (AvgIpc) is 3.44. The molecule has 0 saturated heterocycles. The van der Waals surface area contributed by atoms with E-state index in [9.17, 15) is 14.4 Å². The second-order valence-corrected chi connectivity index (χ2v) is 22.7. The number of hydrogen-bond acceptors (Lipinski definition) is 6. The van der Waals surface area contributed by atoms with E-state index in [1.807, 2.05) is 0 Å². The lowest BCUT2D eigenvalue weighted by atomic mass is 10.0. The molecule has 0 radical (unpaired) electrons. The summed E-state index contributed by atoms with van der Waals surface area (Å²) in [6.45, 7) is 6.55. The Hall–Kier alpha value is -3.15. The Kier molecular flexibility index (Phi) is 63.7. The molecule has 0 heterocycles. The summed E-state index contributed by atoms with van der Waals surface area (Å²) in [7, 11) is 0. The first-order valence-corrected chi connectivity index (χ1v) is 33.9. The zero-order valence-electron chi connectivity index (χ0n) is 51.9. The van der Waals surface area contributed by atoms with Crippen molar-refractivity contribution in [3.63, 3.8) is 0 Å². The summed E-state index contributed by atoms with van der Waals surface area (Å²) in [5.41, 5.74) is 0. The van der Waals surface area contributed by atoms with E-state index in [0.717, 1.165) is 89.9 Å². The molecule has 0 bridgehead atoms. The topological polar surface area (TPSA) is 78.9 Å². The van der Waals surface area contributed by atoms with Gasteiger partial charge in [0.2, 0.25) is 0 Å². The zero-order chi connectivity index (χ0) is 56.4. The first kappa shape index (κ1) is 74.8. The van der Waals surface area contributed by atoms with Gasteiger partial charge in [-0.15, -0.1) is 0 Å². The van der Waals surface area contributed by atoms with Crippen LogP contribution in [0.15, 0.2) is 72.9 Å². The van der Waals surface area contributed by atoms with Crippen molar-refractivity contribution in [2.24, 2.45) is 0 Å². The van der Waals surface area contributed by atoms with Gasteiger partial charge in [-0.05, 0) is 109 Å². The molecule has 0 amide bonds. The summed E-state index contributed by atoms with van der Waals surface area (Å²) < 4.78 is 17.0. The SMILES string of the molecule is CC/C=C\C/C=C\C/C=C\C/C=C\CCCCCCCCCCCCCCCCCCC(=O)OCC(COC(=O)CCCCCCC/C=C\CCCCCCC)OC(=O)CCCCCCCCC/C=C\CCCCCCCC. The smallest absolute Gasteiger partial charge is 0.306 e. The molecule has 0 fully saturated rings. The molecule has 0 N–H and O–H groups in total. The van der Waals surface area contributed by atoms with Crippen LogP contribution < -0.4 is 0 Å². The van der Waals surface area contributed by atoms with Gasteiger partial charge < -0.3 is 14.2 Å². The van der Waals surface area contributed by atoms with Gasteiger partial charge in [0.25, 0.3) is 0 Å². The molecule has 0 aromatic carbocycles. The molecule has 6 heteroatoms. The standard InChI is InChI=1S/C72H128O6/c1-4-7-10-13-16-19-22-25-28-30-31-32-33-34-35-36-37-38-39-40-41-43-44-47-50-53-56-59-62-65-71(74)77-68-69(67-76-70(73)64-61-58-55-52-49-46-27-24-21-18-15-12-9-6-3)78-72(75)66-63-60-57-54-51-48-45-42-29-26-23-20-17-14-11-8-5-2/h7,10,16,19,24-29,31-32,69H,4-6,8-9,11-15,17-18,20-23,30,33-68H2,1-3H3/b10-7-,19-16-,27-24-,28-25-,29-26-,32-31-. The first-order valence-electron chi connectivity index (χ1n) is 33.9. The fourth-order valence-corrected chi connectivity index (χ4v) is 9.84. The summed E-state index contributed by atoms with van der Waals surface area (Å²) >= 11 is 0. The van der Waals surface area contributed by atoms with Crippen molar-refractivity contribution in [1.29, 1.82) is 0 Å². The molecule has 0 aromatic rings. The van der Waals surface area contributed by atoms with Crippen molar-refractivity contribution < 1.29 is 28.6 Å². The molecule has 1 atom stereocenters. The molecule has 452 valence electrons. The molecular weight excluding hydrogens is 961 g/mol. The monoisotopic (exact) mass is 1090 g/mol. The molecule has 0 aliphatic carbocycles. The van der Waals surface area contributed by atoms with E-state index < -0.39 is 6.10 Å². The second kappa shape index (κ2) is 66.4. The molecular formula is C72H128O6. The highest BCUT2D eigenvalue weighted by molar-refractivity contribution is 5.71. The fourth-order valence-electron chi connectivity index (χ4n) is 9.84. The van der Waals surface area contributed by atoms with Gasteiger partial charge in [0, 0.05) is 19.3 Å². The van der Waals surface area contributed by atoms with Crippen LogP contribution in [0.2, 0.25) is 0 Å². The minimum absolute atomic E-state index is 0.0762. The van der Waals surface area contributed by atoms with Crippen LogP contribution in [-0.2, 0) is 28.6 Å². The molecule has 0 aliphatic rings. The van der Waals surface area contributed by atoms with Crippen LogP contribution in [0.5, 0.6) is 0 Å². The number of allylic oxidation sites excluding steroid dienone is 12. The van der Waals surface area contributed by atoms with Gasteiger partial charge >= 0.3 is 17.9 Å². The lowest BCUT2D eigenvalue weighted by Crippen LogP contribution is -2.30. The Labute approximate surface area is 484 Å². The largest absolute Gasteiger partial charge is 0.462 e. The van der Waals surface area contributed by atoms with E-state index in [0.29, 0.717) is 19.3 Å². The number of rotatable bonds is 62. The molecule has 0 rings (SSSR count).